The van der Waals surface area contributed by atoms with Crippen LogP contribution in [-0.4, -0.2) is 0 Å². The maximum Gasteiger partial charge on any atom is 0.336 e. The summed E-state index contributed by atoms with van der Waals surface area (Å²) in [7, 11) is 0. The van der Waals surface area contributed by atoms with E-state index in [0.717, 1.165) is 10.9 Å². The van der Waals surface area contributed by atoms with Crippen molar-refractivity contribution in [2.45, 2.75) is 0 Å². The van der Waals surface area contributed by atoms with Gasteiger partial charge in [0.05, 0.1) is 6.26 Å². The van der Waals surface area contributed by atoms with Crippen LogP contribution < -0.4 is 10.4 Å². The van der Waals surface area contributed by atoms with E-state index < -0.39 is 0 Å². The SMILES string of the molecule is O=c1ccc2ccc(O/C=C/c3ccccc3)cc2o1. The van der Waals surface area contributed by atoms with Crippen molar-refractivity contribution in [3.8, 4) is 5.75 Å². The Morgan fingerprint density at radius 1 is 0.950 bits per heavy atom. The van der Waals surface area contributed by atoms with Gasteiger partial charge in [-0.15, -0.1) is 0 Å². The van der Waals surface area contributed by atoms with E-state index in [1.54, 1.807) is 18.4 Å². The Hall–Kier alpha value is -2.81. The van der Waals surface area contributed by atoms with E-state index in [9.17, 15) is 4.79 Å². The van der Waals surface area contributed by atoms with Crippen LogP contribution in [0.4, 0.5) is 0 Å². The average molecular weight is 264 g/mol. The second kappa shape index (κ2) is 5.45. The zero-order valence-electron chi connectivity index (χ0n) is 10.7. The molecule has 0 unspecified atom stereocenters. The first-order chi connectivity index (χ1) is 9.81. The normalized spacial score (nSPS) is 11.0. The monoisotopic (exact) mass is 264 g/mol. The van der Waals surface area contributed by atoms with Crippen LogP contribution in [0.25, 0.3) is 17.0 Å². The van der Waals surface area contributed by atoms with Gasteiger partial charge < -0.3 is 9.15 Å². The van der Waals surface area contributed by atoms with Crippen LogP contribution in [0.3, 0.4) is 0 Å². The van der Waals surface area contributed by atoms with Crippen molar-refractivity contribution in [3.05, 3.63) is 82.9 Å². The Morgan fingerprint density at radius 2 is 1.75 bits per heavy atom. The Bertz CT molecular complexity index is 801. The van der Waals surface area contributed by atoms with E-state index in [1.807, 2.05) is 48.5 Å². The fourth-order valence-electron chi connectivity index (χ4n) is 1.87. The van der Waals surface area contributed by atoms with Crippen LogP contribution in [0.2, 0.25) is 0 Å². The van der Waals surface area contributed by atoms with E-state index in [-0.39, 0.29) is 5.63 Å². The topological polar surface area (TPSA) is 39.4 Å². The van der Waals surface area contributed by atoms with Crippen molar-refractivity contribution in [1.82, 2.24) is 0 Å². The first-order valence-corrected chi connectivity index (χ1v) is 6.23. The molecular formula is C17H12O3. The smallest absolute Gasteiger partial charge is 0.336 e. The van der Waals surface area contributed by atoms with Gasteiger partial charge in [-0.3, -0.25) is 0 Å². The molecule has 0 bridgehead atoms. The molecule has 0 fully saturated rings. The van der Waals surface area contributed by atoms with E-state index in [1.165, 1.54) is 6.07 Å². The third kappa shape index (κ3) is 2.78. The fourth-order valence-corrected chi connectivity index (χ4v) is 1.87. The second-order valence-corrected chi connectivity index (χ2v) is 4.29. The highest BCUT2D eigenvalue weighted by Crippen LogP contribution is 2.19. The molecule has 0 N–H and O–H groups in total. The average Bonchev–Trinajstić information content (AvgIpc) is 2.48. The molecule has 1 heterocycles. The van der Waals surface area contributed by atoms with Gasteiger partial charge in [0.1, 0.15) is 11.3 Å². The molecule has 1 aromatic heterocycles. The van der Waals surface area contributed by atoms with Gasteiger partial charge >= 0.3 is 5.63 Å². The zero-order valence-corrected chi connectivity index (χ0v) is 10.7. The van der Waals surface area contributed by atoms with E-state index in [2.05, 4.69) is 0 Å². The van der Waals surface area contributed by atoms with E-state index in [4.69, 9.17) is 9.15 Å². The van der Waals surface area contributed by atoms with Crippen LogP contribution in [-0.2, 0) is 0 Å². The fraction of sp³-hybridized carbons (Fsp3) is 0. The summed E-state index contributed by atoms with van der Waals surface area (Å²) in [4.78, 5) is 11.2. The number of hydrogen-bond acceptors (Lipinski definition) is 3. The van der Waals surface area contributed by atoms with Gasteiger partial charge in [-0.1, -0.05) is 30.3 Å². The van der Waals surface area contributed by atoms with Gasteiger partial charge in [0.25, 0.3) is 0 Å². The summed E-state index contributed by atoms with van der Waals surface area (Å²) in [6.45, 7) is 0. The Kier molecular flexibility index (Phi) is 3.33. The summed E-state index contributed by atoms with van der Waals surface area (Å²) in [6.07, 6.45) is 3.48. The van der Waals surface area contributed by atoms with Crippen molar-refractivity contribution in [2.24, 2.45) is 0 Å². The lowest BCUT2D eigenvalue weighted by Crippen LogP contribution is -1.94. The molecular weight excluding hydrogens is 252 g/mol. The quantitative estimate of drug-likeness (QED) is 0.533. The molecule has 0 spiro atoms. The molecule has 20 heavy (non-hydrogen) atoms. The lowest BCUT2D eigenvalue weighted by Gasteiger charge is -2.01. The third-order valence-electron chi connectivity index (χ3n) is 2.86. The summed E-state index contributed by atoms with van der Waals surface area (Å²) < 4.78 is 10.6. The molecule has 3 rings (SSSR count). The molecule has 0 aliphatic rings. The van der Waals surface area contributed by atoms with E-state index in [0.29, 0.717) is 11.3 Å². The van der Waals surface area contributed by atoms with Crippen molar-refractivity contribution < 1.29 is 9.15 Å². The molecule has 98 valence electrons. The van der Waals surface area contributed by atoms with Gasteiger partial charge in [-0.25, -0.2) is 4.79 Å². The van der Waals surface area contributed by atoms with Crippen LogP contribution in [0.1, 0.15) is 5.56 Å². The Labute approximate surface area is 115 Å². The minimum Gasteiger partial charge on any atom is -0.465 e. The summed E-state index contributed by atoms with van der Waals surface area (Å²) in [5, 5.41) is 0.865. The molecule has 3 aromatic rings. The molecule has 3 heteroatoms. The molecule has 0 saturated heterocycles. The van der Waals surface area contributed by atoms with E-state index >= 15 is 0 Å². The van der Waals surface area contributed by atoms with Crippen LogP contribution in [0.5, 0.6) is 5.75 Å². The molecule has 0 atom stereocenters. The summed E-state index contributed by atoms with van der Waals surface area (Å²) >= 11 is 0. The third-order valence-corrected chi connectivity index (χ3v) is 2.86. The minimum atomic E-state index is -0.366. The lowest BCUT2D eigenvalue weighted by atomic mass is 10.2. The Balaban J connectivity index is 1.81. The summed E-state index contributed by atoms with van der Waals surface area (Å²) in [5.74, 6) is 0.624. The minimum absolute atomic E-state index is 0.366. The highest BCUT2D eigenvalue weighted by atomic mass is 16.5. The number of hydrogen-bond donors (Lipinski definition) is 0. The summed E-state index contributed by atoms with van der Waals surface area (Å²) in [5.41, 5.74) is 1.21. The first kappa shape index (κ1) is 12.2. The maximum absolute atomic E-state index is 11.2. The summed E-state index contributed by atoms with van der Waals surface area (Å²) in [6, 6.07) is 18.4. The van der Waals surface area contributed by atoms with Crippen molar-refractivity contribution in [2.75, 3.05) is 0 Å². The van der Waals surface area contributed by atoms with Crippen LogP contribution in [0.15, 0.2) is 76.1 Å². The van der Waals surface area contributed by atoms with Crippen molar-refractivity contribution in [1.29, 1.82) is 0 Å². The number of ether oxygens (including phenoxy) is 1. The molecule has 0 saturated carbocycles. The lowest BCUT2D eigenvalue weighted by molar-refractivity contribution is 0.483. The largest absolute Gasteiger partial charge is 0.465 e. The predicted octanol–water partition coefficient (Wildman–Crippen LogP) is 3.84. The van der Waals surface area contributed by atoms with Gasteiger partial charge in [-0.2, -0.15) is 0 Å². The number of rotatable bonds is 3. The zero-order chi connectivity index (χ0) is 13.8. The number of fused-ring (bicyclic) bond motifs is 1. The Morgan fingerprint density at radius 3 is 2.60 bits per heavy atom. The van der Waals surface area contributed by atoms with Gasteiger partial charge in [0, 0.05) is 17.5 Å². The molecule has 0 aliphatic heterocycles. The highest BCUT2D eigenvalue weighted by Gasteiger charge is 1.99. The maximum atomic E-state index is 11.2. The second-order valence-electron chi connectivity index (χ2n) is 4.29. The van der Waals surface area contributed by atoms with Crippen LogP contribution in [0, 0.1) is 0 Å². The molecule has 2 aromatic carbocycles. The number of benzene rings is 2. The van der Waals surface area contributed by atoms with Gasteiger partial charge in [-0.05, 0) is 29.8 Å². The molecule has 0 aliphatic carbocycles. The standard InChI is InChI=1S/C17H12O3/c18-17-9-7-14-6-8-15(12-16(14)20-17)19-11-10-13-4-2-1-3-5-13/h1-12H/b11-10+. The molecule has 0 radical (unpaired) electrons. The molecule has 0 amide bonds. The first-order valence-electron chi connectivity index (χ1n) is 6.23. The van der Waals surface area contributed by atoms with Gasteiger partial charge in [0.2, 0.25) is 0 Å². The predicted molar refractivity (Wildman–Crippen MR) is 78.6 cm³/mol. The highest BCUT2D eigenvalue weighted by molar-refractivity contribution is 5.77. The van der Waals surface area contributed by atoms with Crippen molar-refractivity contribution >= 4 is 17.0 Å². The van der Waals surface area contributed by atoms with Gasteiger partial charge in [0.15, 0.2) is 0 Å². The van der Waals surface area contributed by atoms with Crippen LogP contribution >= 0.6 is 0 Å². The molecule has 3 nitrogen and oxygen atoms in total. The van der Waals surface area contributed by atoms with Crippen molar-refractivity contribution in [3.63, 3.8) is 0 Å².